The molecule has 4 nitrogen and oxygen atoms in total. The average Bonchev–Trinajstić information content (AvgIpc) is 2.76. The van der Waals surface area contributed by atoms with Crippen molar-refractivity contribution in [2.24, 2.45) is 0 Å². The van der Waals surface area contributed by atoms with E-state index in [9.17, 15) is 4.79 Å². The minimum atomic E-state index is -0.00177. The summed E-state index contributed by atoms with van der Waals surface area (Å²) in [6.07, 6.45) is 1.80. The number of benzene rings is 2. The first-order valence-electron chi connectivity index (χ1n) is 9.64. The zero-order valence-electron chi connectivity index (χ0n) is 17.2. The second kappa shape index (κ2) is 10.2. The molecule has 0 bridgehead atoms. The van der Waals surface area contributed by atoms with Gasteiger partial charge in [0.15, 0.2) is 0 Å². The largest absolute Gasteiger partial charge is 0.333 e. The monoisotopic (exact) mass is 405 g/mol. The molecular weight excluding hydrogens is 378 g/mol. The van der Waals surface area contributed by atoms with Crippen LogP contribution in [0.1, 0.15) is 27.5 Å². The Bertz CT molecular complexity index is 898. The van der Waals surface area contributed by atoms with Gasteiger partial charge in [0.05, 0.1) is 11.1 Å². The Kier molecular flexibility index (Phi) is 7.44. The van der Waals surface area contributed by atoms with Crippen LogP contribution in [-0.2, 0) is 5.75 Å². The fraction of sp³-hybridized carbons (Fsp3) is 0.250. The number of aromatic nitrogens is 1. The van der Waals surface area contributed by atoms with Crippen molar-refractivity contribution in [1.82, 2.24) is 14.8 Å². The molecule has 5 heteroatoms. The van der Waals surface area contributed by atoms with Crippen molar-refractivity contribution in [3.8, 4) is 0 Å². The molecule has 3 rings (SSSR count). The number of pyridine rings is 1. The van der Waals surface area contributed by atoms with Crippen LogP contribution in [0, 0.1) is 0 Å². The van der Waals surface area contributed by atoms with E-state index in [-0.39, 0.29) is 11.9 Å². The van der Waals surface area contributed by atoms with Gasteiger partial charge in [-0.25, -0.2) is 4.98 Å². The van der Waals surface area contributed by atoms with Crippen molar-refractivity contribution in [3.05, 3.63) is 95.7 Å². The predicted molar refractivity (Wildman–Crippen MR) is 120 cm³/mol. The summed E-state index contributed by atoms with van der Waals surface area (Å²) >= 11 is 1.69. The van der Waals surface area contributed by atoms with Gasteiger partial charge in [-0.05, 0) is 49.5 Å². The first kappa shape index (κ1) is 21.1. The SMILES string of the molecule is CN(C)CC(c1ccccc1)N(C)C(=O)c1ccc(CSc2ccccn2)cc1. The highest BCUT2D eigenvalue weighted by Gasteiger charge is 2.23. The molecule has 1 amide bonds. The van der Waals surface area contributed by atoms with Crippen molar-refractivity contribution in [2.75, 3.05) is 27.7 Å². The zero-order valence-corrected chi connectivity index (χ0v) is 18.0. The maximum absolute atomic E-state index is 13.1. The van der Waals surface area contributed by atoms with Gasteiger partial charge in [-0.1, -0.05) is 48.5 Å². The third kappa shape index (κ3) is 5.92. The molecule has 0 aliphatic carbocycles. The van der Waals surface area contributed by atoms with Crippen molar-refractivity contribution >= 4 is 17.7 Å². The molecule has 0 radical (unpaired) electrons. The van der Waals surface area contributed by atoms with Gasteiger partial charge >= 0.3 is 0 Å². The summed E-state index contributed by atoms with van der Waals surface area (Å²) in [6.45, 7) is 0.769. The van der Waals surface area contributed by atoms with Gasteiger partial charge in [0.25, 0.3) is 5.91 Å². The van der Waals surface area contributed by atoms with Gasteiger partial charge in [0.2, 0.25) is 0 Å². The van der Waals surface area contributed by atoms with E-state index in [2.05, 4.69) is 22.0 Å². The number of carbonyl (C=O) groups is 1. The van der Waals surface area contributed by atoms with Crippen LogP contribution >= 0.6 is 11.8 Å². The van der Waals surface area contributed by atoms with Crippen molar-refractivity contribution in [3.63, 3.8) is 0 Å². The quantitative estimate of drug-likeness (QED) is 0.507. The third-order valence-electron chi connectivity index (χ3n) is 4.74. The first-order valence-corrected chi connectivity index (χ1v) is 10.6. The number of nitrogens with zero attached hydrogens (tertiary/aromatic N) is 3. The number of rotatable bonds is 8. The minimum absolute atomic E-state index is 0.00177. The molecule has 0 aliphatic rings. The van der Waals surface area contributed by atoms with E-state index in [4.69, 9.17) is 0 Å². The Morgan fingerprint density at radius 3 is 2.24 bits per heavy atom. The molecular formula is C24H27N3OS. The highest BCUT2D eigenvalue weighted by molar-refractivity contribution is 7.98. The molecule has 150 valence electrons. The lowest BCUT2D eigenvalue weighted by Crippen LogP contribution is -2.37. The lowest BCUT2D eigenvalue weighted by molar-refractivity contribution is 0.0705. The fourth-order valence-corrected chi connectivity index (χ4v) is 3.97. The van der Waals surface area contributed by atoms with Gasteiger partial charge in [0, 0.05) is 31.1 Å². The molecule has 1 atom stereocenters. The Balaban J connectivity index is 1.69. The maximum atomic E-state index is 13.1. The van der Waals surface area contributed by atoms with Crippen molar-refractivity contribution in [1.29, 1.82) is 0 Å². The molecule has 1 unspecified atom stereocenters. The smallest absolute Gasteiger partial charge is 0.254 e. The third-order valence-corrected chi connectivity index (χ3v) is 5.75. The van der Waals surface area contributed by atoms with Gasteiger partial charge in [-0.2, -0.15) is 0 Å². The van der Waals surface area contributed by atoms with E-state index >= 15 is 0 Å². The number of thioether (sulfide) groups is 1. The topological polar surface area (TPSA) is 36.4 Å². The Morgan fingerprint density at radius 2 is 1.62 bits per heavy atom. The van der Waals surface area contributed by atoms with Crippen LogP contribution in [-0.4, -0.2) is 48.4 Å². The number of carbonyl (C=O) groups excluding carboxylic acids is 1. The van der Waals surface area contributed by atoms with E-state index in [0.717, 1.165) is 22.9 Å². The van der Waals surface area contributed by atoms with Crippen LogP contribution in [0.25, 0.3) is 0 Å². The summed E-state index contributed by atoms with van der Waals surface area (Å²) < 4.78 is 0. The van der Waals surface area contributed by atoms with E-state index < -0.39 is 0 Å². The zero-order chi connectivity index (χ0) is 20.6. The van der Waals surface area contributed by atoms with Crippen molar-refractivity contribution < 1.29 is 4.79 Å². The highest BCUT2D eigenvalue weighted by Crippen LogP contribution is 2.24. The normalized spacial score (nSPS) is 12.0. The van der Waals surface area contributed by atoms with Gasteiger partial charge in [-0.3, -0.25) is 4.79 Å². The molecule has 0 saturated heterocycles. The van der Waals surface area contributed by atoms with Crippen molar-refractivity contribution in [2.45, 2.75) is 16.8 Å². The maximum Gasteiger partial charge on any atom is 0.254 e. The molecule has 0 fully saturated rings. The second-order valence-electron chi connectivity index (χ2n) is 7.26. The Morgan fingerprint density at radius 1 is 0.931 bits per heavy atom. The van der Waals surface area contributed by atoms with E-state index in [0.29, 0.717) is 5.56 Å². The molecule has 3 aromatic rings. The number of hydrogen-bond acceptors (Lipinski definition) is 4. The van der Waals surface area contributed by atoms with Gasteiger partial charge in [-0.15, -0.1) is 11.8 Å². The summed E-state index contributed by atoms with van der Waals surface area (Å²) in [5.74, 6) is 0.860. The molecule has 29 heavy (non-hydrogen) atoms. The number of hydrogen-bond donors (Lipinski definition) is 0. The summed E-state index contributed by atoms with van der Waals surface area (Å²) in [7, 11) is 5.94. The summed E-state index contributed by atoms with van der Waals surface area (Å²) in [4.78, 5) is 21.4. The number of amides is 1. The van der Waals surface area contributed by atoms with Crippen LogP contribution in [0.2, 0.25) is 0 Å². The van der Waals surface area contributed by atoms with Crippen LogP contribution in [0.5, 0.6) is 0 Å². The van der Waals surface area contributed by atoms with E-state index in [1.165, 1.54) is 5.56 Å². The molecule has 1 aromatic heterocycles. The van der Waals surface area contributed by atoms with Gasteiger partial charge < -0.3 is 9.80 Å². The van der Waals surface area contributed by atoms with Crippen LogP contribution < -0.4 is 0 Å². The second-order valence-corrected chi connectivity index (χ2v) is 8.25. The first-order chi connectivity index (χ1) is 14.0. The van der Waals surface area contributed by atoms with Crippen LogP contribution in [0.15, 0.2) is 84.0 Å². The Hall–Kier alpha value is -2.63. The molecule has 2 aromatic carbocycles. The molecule has 0 saturated carbocycles. The predicted octanol–water partition coefficient (Wildman–Crippen LogP) is 4.75. The van der Waals surface area contributed by atoms with Crippen LogP contribution in [0.3, 0.4) is 0 Å². The lowest BCUT2D eigenvalue weighted by Gasteiger charge is -2.31. The Labute approximate surface area is 177 Å². The summed E-state index contributed by atoms with van der Waals surface area (Å²) in [6, 6.07) is 24.0. The molecule has 0 N–H and O–H groups in total. The van der Waals surface area contributed by atoms with Crippen LogP contribution in [0.4, 0.5) is 0 Å². The summed E-state index contributed by atoms with van der Waals surface area (Å²) in [5, 5.41) is 1.00. The highest BCUT2D eigenvalue weighted by atomic mass is 32.2. The minimum Gasteiger partial charge on any atom is -0.333 e. The molecule has 0 aliphatic heterocycles. The molecule has 0 spiro atoms. The summed E-state index contributed by atoms with van der Waals surface area (Å²) in [5.41, 5.74) is 3.02. The lowest BCUT2D eigenvalue weighted by atomic mass is 10.0. The average molecular weight is 406 g/mol. The van der Waals surface area contributed by atoms with E-state index in [1.54, 1.807) is 18.0 Å². The standard InChI is InChI=1S/C24H27N3OS/c1-26(2)17-22(20-9-5-4-6-10-20)27(3)24(28)21-14-12-19(13-15-21)18-29-23-11-7-8-16-25-23/h4-16,22H,17-18H2,1-3H3. The van der Waals surface area contributed by atoms with E-state index in [1.807, 2.05) is 86.7 Å². The van der Waals surface area contributed by atoms with Gasteiger partial charge in [0.1, 0.15) is 0 Å². The fourth-order valence-electron chi connectivity index (χ4n) is 3.15. The molecule has 1 heterocycles. The number of likely N-dealkylation sites (N-methyl/N-ethyl adjacent to an activating group) is 2.